The molecule has 0 radical (unpaired) electrons. The highest BCUT2D eigenvalue weighted by molar-refractivity contribution is 7.10. The Balaban J connectivity index is 1.94. The number of hydrogen-bond acceptors (Lipinski definition) is 5. The Kier molecular flexibility index (Phi) is 4.17. The van der Waals surface area contributed by atoms with Gasteiger partial charge in [-0.1, -0.05) is 17.7 Å². The molecule has 0 aliphatic carbocycles. The molecule has 3 heterocycles. The predicted molar refractivity (Wildman–Crippen MR) is 103 cm³/mol. The van der Waals surface area contributed by atoms with Crippen LogP contribution >= 0.6 is 11.3 Å². The van der Waals surface area contributed by atoms with Crippen LogP contribution in [0.25, 0.3) is 11.0 Å². The summed E-state index contributed by atoms with van der Waals surface area (Å²) in [6, 6.07) is 9.03. The van der Waals surface area contributed by atoms with E-state index in [9.17, 15) is 9.59 Å². The van der Waals surface area contributed by atoms with E-state index in [0.717, 1.165) is 10.4 Å². The molecule has 2 aromatic heterocycles. The minimum atomic E-state index is -0.376. The number of aryl methyl sites for hydroxylation is 1. The average molecular weight is 368 g/mol. The van der Waals surface area contributed by atoms with Crippen molar-refractivity contribution in [3.8, 4) is 0 Å². The van der Waals surface area contributed by atoms with E-state index in [-0.39, 0.29) is 23.1 Å². The molecule has 4 rings (SSSR count). The summed E-state index contributed by atoms with van der Waals surface area (Å²) >= 11 is 1.55. The van der Waals surface area contributed by atoms with Crippen LogP contribution in [0.3, 0.4) is 0 Å². The summed E-state index contributed by atoms with van der Waals surface area (Å²) in [7, 11) is 3.93. The largest absolute Gasteiger partial charge is 0.450 e. The van der Waals surface area contributed by atoms with E-state index in [1.54, 1.807) is 22.3 Å². The highest BCUT2D eigenvalue weighted by Crippen LogP contribution is 2.39. The Labute approximate surface area is 155 Å². The first-order valence-corrected chi connectivity index (χ1v) is 9.42. The highest BCUT2D eigenvalue weighted by Gasteiger charge is 2.42. The van der Waals surface area contributed by atoms with Crippen LogP contribution in [-0.2, 0) is 0 Å². The number of nitrogens with zero attached hydrogens (tertiary/aromatic N) is 2. The number of thiophene rings is 1. The van der Waals surface area contributed by atoms with E-state index in [4.69, 9.17) is 4.42 Å². The van der Waals surface area contributed by atoms with Crippen LogP contribution in [-0.4, -0.2) is 42.9 Å². The Morgan fingerprint density at radius 2 is 2.04 bits per heavy atom. The van der Waals surface area contributed by atoms with Crippen LogP contribution in [0.4, 0.5) is 0 Å². The SMILES string of the molecule is Cc1ccc2oc3c(c(=O)c2c1)[C@H](c1cccs1)N(CCN(C)C)C3=O. The van der Waals surface area contributed by atoms with Crippen molar-refractivity contribution >= 4 is 28.2 Å². The van der Waals surface area contributed by atoms with Crippen molar-refractivity contribution in [1.82, 2.24) is 9.80 Å². The molecule has 0 saturated heterocycles. The van der Waals surface area contributed by atoms with Crippen LogP contribution in [0.2, 0.25) is 0 Å². The third kappa shape index (κ3) is 2.66. The summed E-state index contributed by atoms with van der Waals surface area (Å²) in [6.45, 7) is 3.19. The van der Waals surface area contributed by atoms with Gasteiger partial charge in [0.25, 0.3) is 5.91 Å². The lowest BCUT2D eigenvalue weighted by Crippen LogP contribution is -2.35. The summed E-state index contributed by atoms with van der Waals surface area (Å²) in [4.78, 5) is 31.1. The number of benzene rings is 1. The maximum absolute atomic E-state index is 13.3. The Morgan fingerprint density at radius 1 is 1.23 bits per heavy atom. The van der Waals surface area contributed by atoms with Gasteiger partial charge in [-0.2, -0.15) is 0 Å². The molecule has 0 unspecified atom stereocenters. The molecule has 1 amide bonds. The molecule has 0 fully saturated rings. The summed E-state index contributed by atoms with van der Waals surface area (Å²) in [5, 5.41) is 2.50. The van der Waals surface area contributed by atoms with Gasteiger partial charge in [0.2, 0.25) is 5.76 Å². The number of carbonyl (C=O) groups excluding carboxylic acids is 1. The van der Waals surface area contributed by atoms with Crippen LogP contribution in [0.15, 0.2) is 44.9 Å². The van der Waals surface area contributed by atoms with Gasteiger partial charge in [-0.15, -0.1) is 11.3 Å². The van der Waals surface area contributed by atoms with E-state index >= 15 is 0 Å². The first kappa shape index (κ1) is 17.0. The van der Waals surface area contributed by atoms with E-state index < -0.39 is 0 Å². The van der Waals surface area contributed by atoms with Crippen molar-refractivity contribution in [2.75, 3.05) is 27.2 Å². The van der Waals surface area contributed by atoms with Crippen molar-refractivity contribution in [3.63, 3.8) is 0 Å². The van der Waals surface area contributed by atoms with Crippen molar-refractivity contribution in [1.29, 1.82) is 0 Å². The lowest BCUT2D eigenvalue weighted by Gasteiger charge is -2.25. The molecule has 0 N–H and O–H groups in total. The van der Waals surface area contributed by atoms with Crippen molar-refractivity contribution in [2.24, 2.45) is 0 Å². The minimum Gasteiger partial charge on any atom is -0.450 e. The zero-order chi connectivity index (χ0) is 18.4. The molecule has 0 saturated carbocycles. The molecule has 0 spiro atoms. The lowest BCUT2D eigenvalue weighted by molar-refractivity contribution is 0.0718. The van der Waals surface area contributed by atoms with Crippen molar-refractivity contribution in [3.05, 3.63) is 67.7 Å². The molecule has 1 aliphatic heterocycles. The number of rotatable bonds is 4. The second-order valence-corrected chi connectivity index (χ2v) is 7.87. The first-order valence-electron chi connectivity index (χ1n) is 8.54. The van der Waals surface area contributed by atoms with Crippen LogP contribution < -0.4 is 5.43 Å². The molecule has 5 nitrogen and oxygen atoms in total. The minimum absolute atomic E-state index is 0.107. The summed E-state index contributed by atoms with van der Waals surface area (Å²) in [6.07, 6.45) is 0. The van der Waals surface area contributed by atoms with Crippen molar-refractivity contribution < 1.29 is 9.21 Å². The summed E-state index contributed by atoms with van der Waals surface area (Å²) in [5.41, 5.74) is 1.82. The summed E-state index contributed by atoms with van der Waals surface area (Å²) < 4.78 is 5.92. The van der Waals surface area contributed by atoms with E-state index in [0.29, 0.717) is 29.6 Å². The number of hydrogen-bond donors (Lipinski definition) is 0. The van der Waals surface area contributed by atoms with Crippen LogP contribution in [0, 0.1) is 6.92 Å². The fourth-order valence-electron chi connectivity index (χ4n) is 3.42. The molecule has 134 valence electrons. The van der Waals surface area contributed by atoms with Gasteiger partial charge in [-0.3, -0.25) is 9.59 Å². The van der Waals surface area contributed by atoms with Gasteiger partial charge in [0.05, 0.1) is 17.0 Å². The van der Waals surface area contributed by atoms with Gasteiger partial charge in [0, 0.05) is 18.0 Å². The number of likely N-dealkylation sites (N-methyl/N-ethyl adjacent to an activating group) is 1. The highest BCUT2D eigenvalue weighted by atomic mass is 32.1. The van der Waals surface area contributed by atoms with Gasteiger partial charge < -0.3 is 14.2 Å². The van der Waals surface area contributed by atoms with E-state index in [2.05, 4.69) is 0 Å². The third-order valence-electron chi connectivity index (χ3n) is 4.72. The first-order chi connectivity index (χ1) is 12.5. The van der Waals surface area contributed by atoms with Gasteiger partial charge >= 0.3 is 0 Å². The molecule has 1 aromatic carbocycles. The van der Waals surface area contributed by atoms with Gasteiger partial charge in [-0.05, 0) is 44.6 Å². The monoisotopic (exact) mass is 368 g/mol. The van der Waals surface area contributed by atoms with Gasteiger partial charge in [-0.25, -0.2) is 0 Å². The normalized spacial score (nSPS) is 16.7. The molecular formula is C20H20N2O3S. The quantitative estimate of drug-likeness (QED) is 0.709. The second kappa shape index (κ2) is 6.37. The maximum atomic E-state index is 13.3. The average Bonchev–Trinajstić information content (AvgIpc) is 3.21. The van der Waals surface area contributed by atoms with E-state index in [1.165, 1.54) is 0 Å². The molecular weight excluding hydrogens is 348 g/mol. The fraction of sp³-hybridized carbons (Fsp3) is 0.300. The predicted octanol–water partition coefficient (Wildman–Crippen LogP) is 3.27. The van der Waals surface area contributed by atoms with Gasteiger partial charge in [0.15, 0.2) is 5.43 Å². The van der Waals surface area contributed by atoms with E-state index in [1.807, 2.05) is 55.6 Å². The maximum Gasteiger partial charge on any atom is 0.290 e. The van der Waals surface area contributed by atoms with Gasteiger partial charge in [0.1, 0.15) is 5.58 Å². The Bertz CT molecular complexity index is 1040. The standard InChI is InChI=1S/C20H20N2O3S/c1-12-6-7-14-13(11-12)18(23)16-17(15-5-4-10-26-15)22(9-8-21(2)3)20(24)19(16)25-14/h4-7,10-11,17H,8-9H2,1-3H3/t17-/m0/s1. The smallest absolute Gasteiger partial charge is 0.290 e. The van der Waals surface area contributed by atoms with Crippen LogP contribution in [0.5, 0.6) is 0 Å². The molecule has 26 heavy (non-hydrogen) atoms. The Hall–Kier alpha value is -2.44. The molecule has 1 atom stereocenters. The third-order valence-corrected chi connectivity index (χ3v) is 5.65. The second-order valence-electron chi connectivity index (χ2n) is 6.89. The molecule has 6 heteroatoms. The molecule has 0 bridgehead atoms. The zero-order valence-corrected chi connectivity index (χ0v) is 15.8. The van der Waals surface area contributed by atoms with Crippen LogP contribution in [0.1, 0.15) is 32.6 Å². The van der Waals surface area contributed by atoms with Crippen molar-refractivity contribution in [2.45, 2.75) is 13.0 Å². The Morgan fingerprint density at radius 3 is 2.73 bits per heavy atom. The summed E-state index contributed by atoms with van der Waals surface area (Å²) in [5.74, 6) is -0.0247. The number of amides is 1. The molecule has 1 aliphatic rings. The number of carbonyl (C=O) groups is 1. The topological polar surface area (TPSA) is 53.8 Å². The molecule has 3 aromatic rings. The zero-order valence-electron chi connectivity index (χ0n) is 15.0. The fourth-order valence-corrected chi connectivity index (χ4v) is 4.26. The number of fused-ring (bicyclic) bond motifs is 2. The lowest BCUT2D eigenvalue weighted by atomic mass is 10.0.